The number of ether oxygens (including phenoxy) is 1. The van der Waals surface area contributed by atoms with E-state index < -0.39 is 5.97 Å². The minimum Gasteiger partial charge on any atom is -0.489 e. The standard InChI is InChI=1S/C24H22N2O4/c1-15-26-21-11-17(14-29-22-8-3-2-6-19(22)12-23(27)28)10-20(24(21)30-15)18-7-4-5-16(9-18)13-25/h2-11H,12-14,25H2,1H3,(H,27,28). The zero-order valence-electron chi connectivity index (χ0n) is 16.6. The van der Waals surface area contributed by atoms with E-state index in [2.05, 4.69) is 4.98 Å². The zero-order valence-corrected chi connectivity index (χ0v) is 16.6. The molecule has 1 aromatic heterocycles. The molecule has 0 radical (unpaired) electrons. The van der Waals surface area contributed by atoms with Gasteiger partial charge in [-0.05, 0) is 41.0 Å². The van der Waals surface area contributed by atoms with Gasteiger partial charge in [0.1, 0.15) is 17.9 Å². The molecule has 30 heavy (non-hydrogen) atoms. The molecule has 4 aromatic rings. The highest BCUT2D eigenvalue weighted by atomic mass is 16.5. The van der Waals surface area contributed by atoms with E-state index in [1.165, 1.54) is 0 Å². The van der Waals surface area contributed by atoms with Crippen molar-refractivity contribution < 1.29 is 19.1 Å². The molecule has 4 rings (SSSR count). The number of hydrogen-bond donors (Lipinski definition) is 2. The van der Waals surface area contributed by atoms with E-state index >= 15 is 0 Å². The van der Waals surface area contributed by atoms with Crippen molar-refractivity contribution in [1.82, 2.24) is 4.98 Å². The van der Waals surface area contributed by atoms with Gasteiger partial charge >= 0.3 is 5.97 Å². The summed E-state index contributed by atoms with van der Waals surface area (Å²) >= 11 is 0. The monoisotopic (exact) mass is 402 g/mol. The number of nitrogens with zero attached hydrogens (tertiary/aromatic N) is 1. The first-order chi connectivity index (χ1) is 14.5. The second kappa shape index (κ2) is 8.39. The molecule has 0 amide bonds. The quantitative estimate of drug-likeness (QED) is 0.473. The second-order valence-electron chi connectivity index (χ2n) is 7.10. The molecule has 1 heterocycles. The van der Waals surface area contributed by atoms with Crippen molar-refractivity contribution in [3.05, 3.63) is 83.2 Å². The number of nitrogens with two attached hydrogens (primary N) is 1. The van der Waals surface area contributed by atoms with Crippen molar-refractivity contribution in [1.29, 1.82) is 0 Å². The molecular formula is C24H22N2O4. The maximum absolute atomic E-state index is 11.1. The number of aromatic nitrogens is 1. The van der Waals surface area contributed by atoms with Crippen molar-refractivity contribution >= 4 is 17.1 Å². The van der Waals surface area contributed by atoms with Crippen LogP contribution in [0, 0.1) is 6.92 Å². The molecule has 6 nitrogen and oxygen atoms in total. The molecule has 0 aliphatic rings. The summed E-state index contributed by atoms with van der Waals surface area (Å²) in [6, 6.07) is 19.1. The third-order valence-electron chi connectivity index (χ3n) is 4.84. The number of carbonyl (C=O) groups is 1. The molecule has 0 saturated carbocycles. The minimum absolute atomic E-state index is 0.0885. The molecule has 3 aromatic carbocycles. The van der Waals surface area contributed by atoms with Crippen molar-refractivity contribution in [2.24, 2.45) is 5.73 Å². The number of fused-ring (bicyclic) bond motifs is 1. The molecule has 6 heteroatoms. The predicted octanol–water partition coefficient (Wildman–Crippen LogP) is 4.47. The molecule has 0 saturated heterocycles. The smallest absolute Gasteiger partial charge is 0.307 e. The maximum Gasteiger partial charge on any atom is 0.307 e. The Morgan fingerprint density at radius 1 is 1.10 bits per heavy atom. The van der Waals surface area contributed by atoms with Gasteiger partial charge in [-0.3, -0.25) is 4.79 Å². The molecule has 0 aliphatic heterocycles. The normalized spacial score (nSPS) is 11.0. The van der Waals surface area contributed by atoms with Crippen LogP contribution >= 0.6 is 0 Å². The number of aryl methyl sites for hydroxylation is 1. The molecule has 0 bridgehead atoms. The van der Waals surface area contributed by atoms with E-state index in [1.54, 1.807) is 18.2 Å². The lowest BCUT2D eigenvalue weighted by atomic mass is 10.00. The molecule has 0 atom stereocenters. The summed E-state index contributed by atoms with van der Waals surface area (Å²) in [5.41, 5.74) is 11.8. The van der Waals surface area contributed by atoms with Crippen molar-refractivity contribution in [2.45, 2.75) is 26.5 Å². The maximum atomic E-state index is 11.1. The number of benzene rings is 3. The zero-order chi connectivity index (χ0) is 21.1. The van der Waals surface area contributed by atoms with Gasteiger partial charge in [0.2, 0.25) is 0 Å². The fraction of sp³-hybridized carbons (Fsp3) is 0.167. The van der Waals surface area contributed by atoms with Crippen LogP contribution in [-0.2, 0) is 24.4 Å². The largest absolute Gasteiger partial charge is 0.489 e. The Bertz CT molecular complexity index is 1210. The first-order valence-electron chi connectivity index (χ1n) is 9.65. The molecule has 0 spiro atoms. The highest BCUT2D eigenvalue weighted by Crippen LogP contribution is 2.32. The SMILES string of the molecule is Cc1nc2cc(COc3ccccc3CC(=O)O)cc(-c3cccc(CN)c3)c2o1. The number of carboxylic acids is 1. The number of carboxylic acid groups (broad SMARTS) is 1. The third kappa shape index (κ3) is 4.18. The van der Waals surface area contributed by atoms with Crippen molar-refractivity contribution in [3.63, 3.8) is 0 Å². The van der Waals surface area contributed by atoms with Crippen molar-refractivity contribution in [3.8, 4) is 16.9 Å². The lowest BCUT2D eigenvalue weighted by Gasteiger charge is -2.12. The summed E-state index contributed by atoms with van der Waals surface area (Å²) in [5, 5.41) is 9.12. The van der Waals surface area contributed by atoms with Crippen LogP contribution in [-0.4, -0.2) is 16.1 Å². The molecular weight excluding hydrogens is 380 g/mol. The van der Waals surface area contributed by atoms with Gasteiger partial charge in [-0.15, -0.1) is 0 Å². The van der Waals surface area contributed by atoms with Gasteiger partial charge in [0.05, 0.1) is 6.42 Å². The second-order valence-corrected chi connectivity index (χ2v) is 7.10. The van der Waals surface area contributed by atoms with E-state index in [9.17, 15) is 4.79 Å². The Morgan fingerprint density at radius 2 is 1.93 bits per heavy atom. The van der Waals surface area contributed by atoms with Crippen LogP contribution in [0.1, 0.15) is 22.6 Å². The summed E-state index contributed by atoms with van der Waals surface area (Å²) in [6.07, 6.45) is -0.0885. The Kier molecular flexibility index (Phi) is 5.50. The molecule has 152 valence electrons. The summed E-state index contributed by atoms with van der Waals surface area (Å²) in [4.78, 5) is 15.6. The summed E-state index contributed by atoms with van der Waals surface area (Å²) in [5.74, 6) is 0.252. The highest BCUT2D eigenvalue weighted by molar-refractivity contribution is 5.91. The van der Waals surface area contributed by atoms with E-state index in [0.29, 0.717) is 23.7 Å². The topological polar surface area (TPSA) is 98.6 Å². The molecule has 0 aliphatic carbocycles. The van der Waals surface area contributed by atoms with Gasteiger partial charge in [0.15, 0.2) is 11.5 Å². The summed E-state index contributed by atoms with van der Waals surface area (Å²) in [7, 11) is 0. The Balaban J connectivity index is 1.70. The first kappa shape index (κ1) is 19.7. The lowest BCUT2D eigenvalue weighted by Crippen LogP contribution is -2.04. The summed E-state index contributed by atoms with van der Waals surface area (Å²) in [6.45, 7) is 2.55. The van der Waals surface area contributed by atoms with E-state index in [1.807, 2.05) is 49.4 Å². The first-order valence-corrected chi connectivity index (χ1v) is 9.65. The van der Waals surface area contributed by atoms with E-state index in [-0.39, 0.29) is 13.0 Å². The third-order valence-corrected chi connectivity index (χ3v) is 4.84. The summed E-state index contributed by atoms with van der Waals surface area (Å²) < 4.78 is 11.8. The van der Waals surface area contributed by atoms with Crippen molar-refractivity contribution in [2.75, 3.05) is 0 Å². The number of hydrogen-bond acceptors (Lipinski definition) is 5. The van der Waals surface area contributed by atoms with Crippen LogP contribution in [0.5, 0.6) is 5.75 Å². The van der Waals surface area contributed by atoms with Gasteiger partial charge in [-0.2, -0.15) is 0 Å². The van der Waals surface area contributed by atoms with Gasteiger partial charge in [0.25, 0.3) is 0 Å². The van der Waals surface area contributed by atoms with Crippen LogP contribution in [0.25, 0.3) is 22.2 Å². The number of aliphatic carboxylic acids is 1. The fourth-order valence-electron chi connectivity index (χ4n) is 3.48. The average Bonchev–Trinajstić information content (AvgIpc) is 3.12. The average molecular weight is 402 g/mol. The van der Waals surface area contributed by atoms with E-state index in [4.69, 9.17) is 20.0 Å². The molecule has 0 fully saturated rings. The van der Waals surface area contributed by atoms with Gasteiger partial charge in [0, 0.05) is 24.6 Å². The van der Waals surface area contributed by atoms with Crippen LogP contribution in [0.3, 0.4) is 0 Å². The Morgan fingerprint density at radius 3 is 2.73 bits per heavy atom. The predicted molar refractivity (Wildman–Crippen MR) is 114 cm³/mol. The number of oxazole rings is 1. The van der Waals surface area contributed by atoms with E-state index in [0.717, 1.165) is 33.4 Å². The Labute approximate surface area is 173 Å². The van der Waals surface area contributed by atoms with Crippen LogP contribution in [0.4, 0.5) is 0 Å². The number of rotatable bonds is 7. The van der Waals surface area contributed by atoms with Crippen LogP contribution < -0.4 is 10.5 Å². The minimum atomic E-state index is -0.896. The fourth-order valence-corrected chi connectivity index (χ4v) is 3.48. The Hall–Kier alpha value is -3.64. The lowest BCUT2D eigenvalue weighted by molar-refractivity contribution is -0.136. The van der Waals surface area contributed by atoms with Gasteiger partial charge < -0.3 is 20.0 Å². The molecule has 0 unspecified atom stereocenters. The highest BCUT2D eigenvalue weighted by Gasteiger charge is 2.14. The van der Waals surface area contributed by atoms with Crippen LogP contribution in [0.15, 0.2) is 65.1 Å². The van der Waals surface area contributed by atoms with Gasteiger partial charge in [-0.25, -0.2) is 4.98 Å². The van der Waals surface area contributed by atoms with Gasteiger partial charge in [-0.1, -0.05) is 36.4 Å². The molecule has 3 N–H and O–H groups in total. The van der Waals surface area contributed by atoms with Crippen LogP contribution in [0.2, 0.25) is 0 Å². The number of para-hydroxylation sites is 1.